The molecule has 0 aromatic heterocycles. The van der Waals surface area contributed by atoms with Crippen molar-refractivity contribution in [3.63, 3.8) is 0 Å². The summed E-state index contributed by atoms with van der Waals surface area (Å²) in [6.07, 6.45) is -4.46. The normalized spacial score (nSPS) is 12.9. The van der Waals surface area contributed by atoms with Crippen LogP contribution in [0.1, 0.15) is 0 Å². The Labute approximate surface area is 107 Å². The number of alkyl halides is 6. The van der Waals surface area contributed by atoms with Crippen LogP contribution in [-0.2, 0) is 0 Å². The van der Waals surface area contributed by atoms with Gasteiger partial charge in [-0.05, 0) is 18.2 Å². The van der Waals surface area contributed by atoms with Crippen molar-refractivity contribution in [3.8, 4) is 5.75 Å². The van der Waals surface area contributed by atoms with Crippen molar-refractivity contribution in [2.24, 2.45) is 0 Å². The molecule has 0 N–H and O–H groups in total. The summed E-state index contributed by atoms with van der Waals surface area (Å²) in [5.74, 6) is -10.5. The molecule has 0 saturated carbocycles. The Bertz CT molecular complexity index is 409. The molecule has 0 bridgehead atoms. The third-order valence-electron chi connectivity index (χ3n) is 1.98. The second kappa shape index (κ2) is 5.38. The van der Waals surface area contributed by atoms with E-state index in [0.717, 1.165) is 0 Å². The molecule has 0 aliphatic carbocycles. The van der Waals surface area contributed by atoms with Crippen LogP contribution in [0.4, 0.5) is 26.3 Å². The van der Waals surface area contributed by atoms with Crippen LogP contribution in [0.2, 0.25) is 0 Å². The lowest BCUT2D eigenvalue weighted by Crippen LogP contribution is -2.50. The Kier molecular flexibility index (Phi) is 4.52. The number of benzene rings is 1. The lowest BCUT2D eigenvalue weighted by Gasteiger charge is -2.25. The van der Waals surface area contributed by atoms with Crippen LogP contribution in [0.15, 0.2) is 28.7 Å². The quantitative estimate of drug-likeness (QED) is 0.726. The molecule has 18 heavy (non-hydrogen) atoms. The van der Waals surface area contributed by atoms with Crippen molar-refractivity contribution in [3.05, 3.63) is 28.7 Å². The Balaban J connectivity index is 2.73. The van der Waals surface area contributed by atoms with Crippen molar-refractivity contribution in [2.45, 2.75) is 18.3 Å². The van der Waals surface area contributed by atoms with Crippen LogP contribution in [0, 0.1) is 0 Å². The van der Waals surface area contributed by atoms with Gasteiger partial charge in [-0.3, -0.25) is 0 Å². The summed E-state index contributed by atoms with van der Waals surface area (Å²) in [6, 6.07) is 5.46. The van der Waals surface area contributed by atoms with Gasteiger partial charge in [0.2, 0.25) is 0 Å². The van der Waals surface area contributed by atoms with Gasteiger partial charge in [0.05, 0.1) is 0 Å². The van der Waals surface area contributed by atoms with Crippen molar-refractivity contribution in [1.29, 1.82) is 0 Å². The van der Waals surface area contributed by atoms with Crippen molar-refractivity contribution in [1.82, 2.24) is 0 Å². The summed E-state index contributed by atoms with van der Waals surface area (Å²) >= 11 is 3.01. The van der Waals surface area contributed by atoms with Crippen molar-refractivity contribution in [2.75, 3.05) is 6.61 Å². The van der Waals surface area contributed by atoms with E-state index in [1.54, 1.807) is 6.07 Å². The van der Waals surface area contributed by atoms with Gasteiger partial charge in [-0.1, -0.05) is 22.0 Å². The lowest BCUT2D eigenvalue weighted by atomic mass is 10.2. The fourth-order valence-electron chi connectivity index (χ4n) is 0.987. The first-order valence-corrected chi connectivity index (χ1v) is 5.38. The molecule has 0 atom stereocenters. The van der Waals surface area contributed by atoms with Gasteiger partial charge < -0.3 is 4.74 Å². The summed E-state index contributed by atoms with van der Waals surface area (Å²) in [5.41, 5.74) is 0. The molecule has 1 rings (SSSR count). The average molecular weight is 337 g/mol. The number of hydrogen-bond acceptors (Lipinski definition) is 1. The smallest absolute Gasteiger partial charge is 0.372 e. The van der Waals surface area contributed by atoms with E-state index in [1.165, 1.54) is 18.2 Å². The minimum absolute atomic E-state index is 0.130. The zero-order chi connectivity index (χ0) is 14.0. The Morgan fingerprint density at radius 1 is 1.17 bits per heavy atom. The molecule has 8 heteroatoms. The highest BCUT2D eigenvalue weighted by molar-refractivity contribution is 9.10. The molecule has 0 spiro atoms. The molecule has 0 radical (unpaired) electrons. The molecule has 0 aliphatic rings. The zero-order valence-corrected chi connectivity index (χ0v) is 10.2. The third-order valence-corrected chi connectivity index (χ3v) is 2.47. The van der Waals surface area contributed by atoms with Gasteiger partial charge in [-0.25, -0.2) is 8.78 Å². The molecule has 1 nitrogen and oxygen atoms in total. The molecule has 0 heterocycles. The van der Waals surface area contributed by atoms with E-state index in [0.29, 0.717) is 4.47 Å². The highest BCUT2D eigenvalue weighted by Crippen LogP contribution is 2.39. The molecule has 1 aromatic carbocycles. The van der Waals surface area contributed by atoms with E-state index in [4.69, 9.17) is 0 Å². The van der Waals surface area contributed by atoms with Crippen molar-refractivity contribution >= 4 is 15.9 Å². The molecule has 0 amide bonds. The van der Waals surface area contributed by atoms with Crippen LogP contribution in [0.3, 0.4) is 0 Å². The molecule has 0 unspecified atom stereocenters. The zero-order valence-electron chi connectivity index (χ0n) is 8.65. The first kappa shape index (κ1) is 15.1. The first-order valence-electron chi connectivity index (χ1n) is 4.59. The maximum atomic E-state index is 12.9. The Morgan fingerprint density at radius 3 is 2.28 bits per heavy atom. The Morgan fingerprint density at radius 2 is 1.78 bits per heavy atom. The van der Waals surface area contributed by atoms with Gasteiger partial charge in [0.25, 0.3) is 0 Å². The highest BCUT2D eigenvalue weighted by Gasteiger charge is 2.63. The van der Waals surface area contributed by atoms with Crippen LogP contribution in [0.25, 0.3) is 0 Å². The first-order chi connectivity index (χ1) is 8.17. The van der Waals surface area contributed by atoms with Gasteiger partial charge in [0.1, 0.15) is 5.75 Å². The summed E-state index contributed by atoms with van der Waals surface area (Å²) in [5, 5.41) is 0. The summed E-state index contributed by atoms with van der Waals surface area (Å²) in [4.78, 5) is 0. The molecular formula is C10H7BrF6O. The molecule has 0 fully saturated rings. The second-order valence-corrected chi connectivity index (χ2v) is 4.29. The number of ether oxygens (including phenoxy) is 1. The minimum Gasteiger partial charge on any atom is -0.487 e. The fourth-order valence-corrected chi connectivity index (χ4v) is 1.36. The monoisotopic (exact) mass is 336 g/mol. The summed E-state index contributed by atoms with van der Waals surface area (Å²) in [7, 11) is 0. The molecule has 0 saturated heterocycles. The molecule has 1 aromatic rings. The van der Waals surface area contributed by atoms with Gasteiger partial charge in [-0.15, -0.1) is 0 Å². The topological polar surface area (TPSA) is 9.23 Å². The van der Waals surface area contributed by atoms with E-state index in [2.05, 4.69) is 20.7 Å². The molecular weight excluding hydrogens is 330 g/mol. The fraction of sp³-hybridized carbons (Fsp3) is 0.400. The maximum Gasteiger partial charge on any atom is 0.372 e. The number of rotatable bonds is 5. The second-order valence-electron chi connectivity index (χ2n) is 3.37. The third kappa shape index (κ3) is 3.30. The SMILES string of the molecule is FC(F)C(F)(F)C(F)(F)COc1cccc(Br)c1. The van der Waals surface area contributed by atoms with E-state index in [9.17, 15) is 26.3 Å². The van der Waals surface area contributed by atoms with E-state index in [-0.39, 0.29) is 5.75 Å². The molecule has 102 valence electrons. The average Bonchev–Trinajstić information content (AvgIpc) is 2.26. The van der Waals surface area contributed by atoms with Crippen LogP contribution >= 0.6 is 15.9 Å². The standard InChI is InChI=1S/C10H7BrF6O/c11-6-2-1-3-7(4-6)18-5-9(14,15)10(16,17)8(12)13/h1-4,8H,5H2. The van der Waals surface area contributed by atoms with E-state index in [1.807, 2.05) is 0 Å². The Hall–Kier alpha value is -0.920. The van der Waals surface area contributed by atoms with Gasteiger partial charge in [0.15, 0.2) is 6.61 Å². The maximum absolute atomic E-state index is 12.9. The van der Waals surface area contributed by atoms with Gasteiger partial charge >= 0.3 is 18.3 Å². The highest BCUT2D eigenvalue weighted by atomic mass is 79.9. The van der Waals surface area contributed by atoms with Gasteiger partial charge in [0, 0.05) is 4.47 Å². The van der Waals surface area contributed by atoms with E-state index < -0.39 is 24.9 Å². The van der Waals surface area contributed by atoms with Crippen LogP contribution in [0.5, 0.6) is 5.75 Å². The van der Waals surface area contributed by atoms with Crippen LogP contribution < -0.4 is 4.74 Å². The number of halogens is 7. The summed E-state index contributed by atoms with van der Waals surface area (Å²) in [6.45, 7) is -1.83. The van der Waals surface area contributed by atoms with E-state index >= 15 is 0 Å². The lowest BCUT2D eigenvalue weighted by molar-refractivity contribution is -0.271. The number of hydrogen-bond donors (Lipinski definition) is 0. The van der Waals surface area contributed by atoms with Gasteiger partial charge in [-0.2, -0.15) is 17.6 Å². The predicted molar refractivity (Wildman–Crippen MR) is 55.5 cm³/mol. The van der Waals surface area contributed by atoms with Crippen LogP contribution in [-0.4, -0.2) is 24.9 Å². The van der Waals surface area contributed by atoms with Crippen molar-refractivity contribution < 1.29 is 31.1 Å². The predicted octanol–water partition coefficient (Wildman–Crippen LogP) is 4.36. The summed E-state index contributed by atoms with van der Waals surface area (Å²) < 4.78 is 79.3. The molecule has 0 aliphatic heterocycles. The largest absolute Gasteiger partial charge is 0.487 e. The minimum atomic E-state index is -5.43.